The lowest BCUT2D eigenvalue weighted by Gasteiger charge is -2.14. The highest BCUT2D eigenvalue weighted by Crippen LogP contribution is 2.20. The van der Waals surface area contributed by atoms with Crippen LogP contribution in [0.3, 0.4) is 0 Å². The molecule has 0 saturated heterocycles. The minimum Gasteiger partial charge on any atom is -0.348 e. The van der Waals surface area contributed by atoms with Gasteiger partial charge in [-0.05, 0) is 24.6 Å². The van der Waals surface area contributed by atoms with Crippen LogP contribution in [0.2, 0.25) is 0 Å². The lowest BCUT2D eigenvalue weighted by Crippen LogP contribution is -2.29. The Hall–Kier alpha value is -3.81. The highest BCUT2D eigenvalue weighted by Gasteiger charge is 2.14. The van der Waals surface area contributed by atoms with Crippen molar-refractivity contribution >= 4 is 5.91 Å². The molecule has 0 aliphatic carbocycles. The summed E-state index contributed by atoms with van der Waals surface area (Å²) in [7, 11) is 0. The lowest BCUT2D eigenvalue weighted by molar-refractivity contribution is -0.122. The van der Waals surface area contributed by atoms with E-state index in [2.05, 4.69) is 25.4 Å². The second kappa shape index (κ2) is 7.83. The van der Waals surface area contributed by atoms with E-state index >= 15 is 0 Å². The maximum Gasteiger partial charge on any atom is 0.259 e. The normalized spacial score (nSPS) is 11.9. The molecule has 1 amide bonds. The van der Waals surface area contributed by atoms with E-state index in [1.54, 1.807) is 35.6 Å². The van der Waals surface area contributed by atoms with Crippen LogP contribution >= 0.6 is 0 Å². The number of carbonyl (C=O) groups is 1. The average molecular weight is 374 g/mol. The summed E-state index contributed by atoms with van der Waals surface area (Å²) < 4.78 is 6.95. The van der Waals surface area contributed by atoms with E-state index in [1.165, 1.54) is 0 Å². The number of benzene rings is 1. The quantitative estimate of drug-likeness (QED) is 0.557. The smallest absolute Gasteiger partial charge is 0.259 e. The van der Waals surface area contributed by atoms with E-state index in [-0.39, 0.29) is 18.5 Å². The molecule has 4 aromatic rings. The number of hydrogen-bond acceptors (Lipinski definition) is 6. The second-order valence-electron chi connectivity index (χ2n) is 6.30. The van der Waals surface area contributed by atoms with Crippen LogP contribution in [-0.2, 0) is 11.3 Å². The number of nitrogens with zero attached hydrogens (tertiary/aromatic N) is 5. The molecule has 1 aromatic carbocycles. The third kappa shape index (κ3) is 3.96. The SMILES string of the molecule is C[C@@H](NC(=O)Cn1cnc(-c2noc(-c3cccnc3)n2)c1)c1ccccc1. The first-order valence-corrected chi connectivity index (χ1v) is 8.79. The van der Waals surface area contributed by atoms with Gasteiger partial charge in [-0.3, -0.25) is 9.78 Å². The van der Waals surface area contributed by atoms with Gasteiger partial charge in [-0.25, -0.2) is 4.98 Å². The van der Waals surface area contributed by atoms with E-state index in [1.807, 2.05) is 43.3 Å². The monoisotopic (exact) mass is 374 g/mol. The summed E-state index contributed by atoms with van der Waals surface area (Å²) in [6.45, 7) is 2.10. The van der Waals surface area contributed by atoms with Gasteiger partial charge in [0.1, 0.15) is 12.2 Å². The van der Waals surface area contributed by atoms with Gasteiger partial charge in [0.25, 0.3) is 5.89 Å². The van der Waals surface area contributed by atoms with Gasteiger partial charge < -0.3 is 14.4 Å². The van der Waals surface area contributed by atoms with E-state index in [4.69, 9.17) is 4.52 Å². The second-order valence-corrected chi connectivity index (χ2v) is 6.30. The maximum atomic E-state index is 12.3. The van der Waals surface area contributed by atoms with Crippen molar-refractivity contribution in [3.8, 4) is 23.0 Å². The van der Waals surface area contributed by atoms with E-state index in [9.17, 15) is 4.79 Å². The predicted octanol–water partition coefficient (Wildman–Crippen LogP) is 2.87. The van der Waals surface area contributed by atoms with Gasteiger partial charge in [-0.2, -0.15) is 4.98 Å². The zero-order chi connectivity index (χ0) is 19.3. The predicted molar refractivity (Wildman–Crippen MR) is 102 cm³/mol. The third-order valence-electron chi connectivity index (χ3n) is 4.20. The van der Waals surface area contributed by atoms with Crippen molar-refractivity contribution in [1.29, 1.82) is 0 Å². The van der Waals surface area contributed by atoms with Crippen LogP contribution in [-0.4, -0.2) is 30.6 Å². The zero-order valence-electron chi connectivity index (χ0n) is 15.2. The molecule has 8 heteroatoms. The van der Waals surface area contributed by atoms with Gasteiger partial charge in [-0.15, -0.1) is 0 Å². The van der Waals surface area contributed by atoms with E-state index < -0.39 is 0 Å². The molecule has 1 N–H and O–H groups in total. The minimum atomic E-state index is -0.107. The Kier molecular flexibility index (Phi) is 4.92. The van der Waals surface area contributed by atoms with Crippen LogP contribution in [0, 0.1) is 0 Å². The van der Waals surface area contributed by atoms with Crippen LogP contribution in [0.5, 0.6) is 0 Å². The molecule has 4 rings (SSSR count). The summed E-state index contributed by atoms with van der Waals surface area (Å²) in [5, 5.41) is 6.93. The van der Waals surface area contributed by atoms with Crippen molar-refractivity contribution in [2.24, 2.45) is 0 Å². The first-order valence-electron chi connectivity index (χ1n) is 8.79. The van der Waals surface area contributed by atoms with Gasteiger partial charge in [0, 0.05) is 18.6 Å². The van der Waals surface area contributed by atoms with Gasteiger partial charge in [-0.1, -0.05) is 35.5 Å². The molecule has 0 unspecified atom stereocenters. The standard InChI is InChI=1S/C20H18N6O2/c1-14(15-6-3-2-4-7-15)23-18(27)12-26-11-17(22-13-26)19-24-20(28-25-19)16-8-5-9-21-10-16/h2-11,13-14H,12H2,1H3,(H,23,27)/t14-/m1/s1. The van der Waals surface area contributed by atoms with Crippen molar-refractivity contribution < 1.29 is 9.32 Å². The molecule has 0 bridgehead atoms. The topological polar surface area (TPSA) is 98.7 Å². The number of pyridine rings is 1. The van der Waals surface area contributed by atoms with Crippen molar-refractivity contribution in [2.45, 2.75) is 19.5 Å². The minimum absolute atomic E-state index is 0.0732. The molecular weight excluding hydrogens is 356 g/mol. The molecule has 0 fully saturated rings. The molecule has 8 nitrogen and oxygen atoms in total. The van der Waals surface area contributed by atoms with Crippen molar-refractivity contribution in [1.82, 2.24) is 30.0 Å². The fraction of sp³-hybridized carbons (Fsp3) is 0.150. The van der Waals surface area contributed by atoms with Crippen molar-refractivity contribution in [3.05, 3.63) is 72.9 Å². The lowest BCUT2D eigenvalue weighted by atomic mass is 10.1. The number of nitrogens with one attached hydrogen (secondary N) is 1. The molecule has 3 heterocycles. The Balaban J connectivity index is 1.41. The Morgan fingerprint density at radius 3 is 2.86 bits per heavy atom. The number of rotatable bonds is 6. The highest BCUT2D eigenvalue weighted by atomic mass is 16.5. The molecule has 0 radical (unpaired) electrons. The van der Waals surface area contributed by atoms with E-state index in [0.29, 0.717) is 17.4 Å². The molecule has 1 atom stereocenters. The number of hydrogen-bond donors (Lipinski definition) is 1. The summed E-state index contributed by atoms with van der Waals surface area (Å²) in [5.41, 5.74) is 2.31. The fourth-order valence-corrected chi connectivity index (χ4v) is 2.77. The van der Waals surface area contributed by atoms with Crippen LogP contribution in [0.25, 0.3) is 23.0 Å². The molecule has 0 saturated carbocycles. The average Bonchev–Trinajstić information content (AvgIpc) is 3.39. The third-order valence-corrected chi connectivity index (χ3v) is 4.20. The molecule has 28 heavy (non-hydrogen) atoms. The summed E-state index contributed by atoms with van der Waals surface area (Å²) in [6.07, 6.45) is 6.60. The van der Waals surface area contributed by atoms with Crippen LogP contribution in [0.4, 0.5) is 0 Å². The van der Waals surface area contributed by atoms with Crippen molar-refractivity contribution in [2.75, 3.05) is 0 Å². The molecule has 140 valence electrons. The fourth-order valence-electron chi connectivity index (χ4n) is 2.77. The molecule has 0 aliphatic heterocycles. The Morgan fingerprint density at radius 2 is 2.07 bits per heavy atom. The summed E-state index contributed by atoms with van der Waals surface area (Å²) in [5.74, 6) is 0.618. The summed E-state index contributed by atoms with van der Waals surface area (Å²) >= 11 is 0. The number of carbonyl (C=O) groups excluding carboxylic acids is 1. The largest absolute Gasteiger partial charge is 0.348 e. The summed E-state index contributed by atoms with van der Waals surface area (Å²) in [4.78, 5) is 25.0. The zero-order valence-corrected chi connectivity index (χ0v) is 15.2. The maximum absolute atomic E-state index is 12.3. The van der Waals surface area contributed by atoms with Crippen LogP contribution < -0.4 is 5.32 Å². The molecule has 0 aliphatic rings. The first-order chi connectivity index (χ1) is 13.7. The Labute approximate surface area is 161 Å². The Morgan fingerprint density at radius 1 is 1.21 bits per heavy atom. The van der Waals surface area contributed by atoms with Gasteiger partial charge in [0.05, 0.1) is 17.9 Å². The highest BCUT2D eigenvalue weighted by molar-refractivity contribution is 5.76. The number of amides is 1. The van der Waals surface area contributed by atoms with Gasteiger partial charge in [0.15, 0.2) is 0 Å². The summed E-state index contributed by atoms with van der Waals surface area (Å²) in [6, 6.07) is 13.4. The van der Waals surface area contributed by atoms with Crippen LogP contribution in [0.15, 0.2) is 71.9 Å². The number of imidazole rings is 1. The van der Waals surface area contributed by atoms with Crippen LogP contribution in [0.1, 0.15) is 18.5 Å². The van der Waals surface area contributed by atoms with E-state index in [0.717, 1.165) is 11.1 Å². The van der Waals surface area contributed by atoms with Crippen molar-refractivity contribution in [3.63, 3.8) is 0 Å². The number of aromatic nitrogens is 5. The molecule has 0 spiro atoms. The molecule has 3 aromatic heterocycles. The molecular formula is C20H18N6O2. The van der Waals surface area contributed by atoms with Gasteiger partial charge in [0.2, 0.25) is 11.7 Å². The Bertz CT molecular complexity index is 1060. The van der Waals surface area contributed by atoms with Gasteiger partial charge >= 0.3 is 0 Å². The first kappa shape index (κ1) is 17.6.